The van der Waals surface area contributed by atoms with E-state index in [-0.39, 0.29) is 35.1 Å². The lowest BCUT2D eigenvalue weighted by Crippen LogP contribution is -2.47. The van der Waals surface area contributed by atoms with Crippen LogP contribution in [-0.4, -0.2) is 70.6 Å². The smallest absolute Gasteiger partial charge is 0.191 e. The van der Waals surface area contributed by atoms with Gasteiger partial charge in [-0.1, -0.05) is 26.7 Å². The fraction of sp³-hybridized carbons (Fsp3) is 0.947. The van der Waals surface area contributed by atoms with Crippen LogP contribution in [0.5, 0.6) is 0 Å². The van der Waals surface area contributed by atoms with Crippen molar-refractivity contribution in [3.8, 4) is 0 Å². The Hall–Kier alpha value is -0.0900. The lowest BCUT2D eigenvalue weighted by Gasteiger charge is -2.27. The van der Waals surface area contributed by atoms with Gasteiger partial charge >= 0.3 is 0 Å². The Balaban J connectivity index is 0.00000364. The molecule has 2 fully saturated rings. The molecule has 1 aliphatic heterocycles. The van der Waals surface area contributed by atoms with E-state index in [1.54, 1.807) is 7.05 Å². The van der Waals surface area contributed by atoms with Gasteiger partial charge in [0.05, 0.1) is 5.75 Å². The number of guanidine groups is 1. The molecule has 0 radical (unpaired) electrons. The zero-order chi connectivity index (χ0) is 19.2. The van der Waals surface area contributed by atoms with Gasteiger partial charge in [0.2, 0.25) is 0 Å². The van der Waals surface area contributed by atoms with Gasteiger partial charge in [0.15, 0.2) is 5.96 Å². The van der Waals surface area contributed by atoms with E-state index in [1.807, 2.05) is 0 Å². The molecule has 0 aromatic heterocycles. The van der Waals surface area contributed by atoms with Crippen molar-refractivity contribution in [2.45, 2.75) is 58.4 Å². The van der Waals surface area contributed by atoms with Gasteiger partial charge in [-0.2, -0.15) is 0 Å². The molecule has 160 valence electrons. The van der Waals surface area contributed by atoms with Crippen LogP contribution in [0.1, 0.15) is 52.4 Å². The summed E-state index contributed by atoms with van der Waals surface area (Å²) in [4.78, 5) is 6.94. The maximum Gasteiger partial charge on any atom is 0.191 e. The Labute approximate surface area is 183 Å². The van der Waals surface area contributed by atoms with Crippen molar-refractivity contribution in [1.82, 2.24) is 15.5 Å². The summed E-state index contributed by atoms with van der Waals surface area (Å²) < 4.78 is 22.8. The van der Waals surface area contributed by atoms with Gasteiger partial charge in [-0.15, -0.1) is 24.0 Å². The first kappa shape index (κ1) is 24.9. The standard InChI is InChI=1S/C19H38N4O2S.HI/c1-19(2,10-12-26(4,24)25)15-21-18(20-3)22-17-9-11-23(14-17)13-16-7-5-6-8-16;/h16-17H,5-15H2,1-4H3,(H2,20,21,22);1H. The van der Waals surface area contributed by atoms with Crippen LogP contribution in [0.4, 0.5) is 0 Å². The highest BCUT2D eigenvalue weighted by molar-refractivity contribution is 14.0. The molecular weight excluding hydrogens is 475 g/mol. The summed E-state index contributed by atoms with van der Waals surface area (Å²) in [6.07, 6.45) is 8.73. The lowest BCUT2D eigenvalue weighted by molar-refractivity contribution is 0.275. The van der Waals surface area contributed by atoms with E-state index < -0.39 is 9.84 Å². The Bertz CT molecular complexity index is 574. The summed E-state index contributed by atoms with van der Waals surface area (Å²) in [6.45, 7) is 8.41. The van der Waals surface area contributed by atoms with Crippen LogP contribution in [-0.2, 0) is 9.84 Å². The molecule has 2 N–H and O–H groups in total. The number of halogens is 1. The molecule has 1 saturated heterocycles. The Kier molecular flexibility index (Phi) is 10.3. The topological polar surface area (TPSA) is 73.8 Å². The molecule has 2 aliphatic rings. The van der Waals surface area contributed by atoms with Crippen LogP contribution >= 0.6 is 24.0 Å². The van der Waals surface area contributed by atoms with Gasteiger partial charge in [-0.3, -0.25) is 4.99 Å². The van der Waals surface area contributed by atoms with Crippen LogP contribution in [0.15, 0.2) is 4.99 Å². The molecule has 0 aromatic carbocycles. The van der Waals surface area contributed by atoms with Gasteiger partial charge in [-0.25, -0.2) is 8.42 Å². The maximum atomic E-state index is 11.4. The largest absolute Gasteiger partial charge is 0.356 e. The maximum absolute atomic E-state index is 11.4. The molecule has 2 rings (SSSR count). The van der Waals surface area contributed by atoms with E-state index in [2.05, 4.69) is 34.4 Å². The third-order valence-electron chi connectivity index (χ3n) is 5.71. The summed E-state index contributed by atoms with van der Waals surface area (Å²) in [5.41, 5.74) is -0.0924. The average molecular weight is 515 g/mol. The number of rotatable bonds is 8. The summed E-state index contributed by atoms with van der Waals surface area (Å²) in [5, 5.41) is 6.93. The normalized spacial score (nSPS) is 22.7. The summed E-state index contributed by atoms with van der Waals surface area (Å²) in [5.74, 6) is 1.96. The van der Waals surface area contributed by atoms with Crippen LogP contribution in [0.3, 0.4) is 0 Å². The predicted molar refractivity (Wildman–Crippen MR) is 125 cm³/mol. The van der Waals surface area contributed by atoms with E-state index in [9.17, 15) is 8.42 Å². The van der Waals surface area contributed by atoms with E-state index in [0.717, 1.165) is 24.8 Å². The van der Waals surface area contributed by atoms with Crippen molar-refractivity contribution in [1.29, 1.82) is 0 Å². The Morgan fingerprint density at radius 2 is 1.89 bits per heavy atom. The van der Waals surface area contributed by atoms with Crippen molar-refractivity contribution < 1.29 is 8.42 Å². The number of likely N-dealkylation sites (tertiary alicyclic amines) is 1. The molecule has 1 heterocycles. The molecule has 0 amide bonds. The van der Waals surface area contributed by atoms with Crippen LogP contribution in [0.2, 0.25) is 0 Å². The van der Waals surface area contributed by atoms with Crippen molar-refractivity contribution in [3.05, 3.63) is 0 Å². The quantitative estimate of drug-likeness (QED) is 0.296. The Morgan fingerprint density at radius 1 is 1.22 bits per heavy atom. The van der Waals surface area contributed by atoms with Crippen molar-refractivity contribution in [3.63, 3.8) is 0 Å². The highest BCUT2D eigenvalue weighted by atomic mass is 127. The number of hydrogen-bond donors (Lipinski definition) is 2. The second kappa shape index (κ2) is 11.2. The summed E-state index contributed by atoms with van der Waals surface area (Å²) in [6, 6.07) is 0.446. The molecule has 0 bridgehead atoms. The van der Waals surface area contributed by atoms with Crippen LogP contribution in [0.25, 0.3) is 0 Å². The predicted octanol–water partition coefficient (Wildman–Crippen LogP) is 2.49. The first-order chi connectivity index (χ1) is 12.2. The highest BCUT2D eigenvalue weighted by Gasteiger charge is 2.27. The molecule has 1 aliphatic carbocycles. The first-order valence-electron chi connectivity index (χ1n) is 10.0. The minimum absolute atomic E-state index is 0. The molecule has 6 nitrogen and oxygen atoms in total. The van der Waals surface area contributed by atoms with Crippen molar-refractivity contribution in [2.75, 3.05) is 45.2 Å². The molecule has 1 saturated carbocycles. The zero-order valence-corrected chi connectivity index (χ0v) is 20.6. The molecule has 0 aromatic rings. The van der Waals surface area contributed by atoms with Crippen molar-refractivity contribution >= 4 is 39.8 Å². The molecule has 0 spiro atoms. The minimum Gasteiger partial charge on any atom is -0.356 e. The minimum atomic E-state index is -2.92. The average Bonchev–Trinajstić information content (AvgIpc) is 3.21. The van der Waals surface area contributed by atoms with Gasteiger partial charge < -0.3 is 15.5 Å². The van der Waals surface area contributed by atoms with E-state index in [4.69, 9.17) is 0 Å². The van der Waals surface area contributed by atoms with Gasteiger partial charge in [0.25, 0.3) is 0 Å². The molecule has 1 atom stereocenters. The van der Waals surface area contributed by atoms with E-state index in [0.29, 0.717) is 19.0 Å². The van der Waals surface area contributed by atoms with Crippen molar-refractivity contribution in [2.24, 2.45) is 16.3 Å². The molecule has 1 unspecified atom stereocenters. The van der Waals surface area contributed by atoms with Crippen LogP contribution < -0.4 is 10.6 Å². The Morgan fingerprint density at radius 3 is 2.48 bits per heavy atom. The number of aliphatic imine (C=N–C) groups is 1. The number of hydrogen-bond acceptors (Lipinski definition) is 4. The van der Waals surface area contributed by atoms with Gasteiger partial charge in [-0.05, 0) is 37.0 Å². The summed E-state index contributed by atoms with van der Waals surface area (Å²) >= 11 is 0. The second-order valence-electron chi connectivity index (χ2n) is 9.01. The van der Waals surface area contributed by atoms with E-state index in [1.165, 1.54) is 45.0 Å². The number of nitrogens with one attached hydrogen (secondary N) is 2. The SMILES string of the molecule is CN=C(NCC(C)(C)CCS(C)(=O)=O)NC1CCN(CC2CCCC2)C1.I. The van der Waals surface area contributed by atoms with Gasteiger partial charge in [0, 0.05) is 45.5 Å². The first-order valence-corrected chi connectivity index (χ1v) is 12.1. The molecule has 8 heteroatoms. The molecular formula is C19H39IN4O2S. The monoisotopic (exact) mass is 514 g/mol. The third kappa shape index (κ3) is 9.78. The lowest BCUT2D eigenvalue weighted by atomic mass is 9.90. The fourth-order valence-electron chi connectivity index (χ4n) is 3.94. The highest BCUT2D eigenvalue weighted by Crippen LogP contribution is 2.26. The third-order valence-corrected chi connectivity index (χ3v) is 6.66. The number of nitrogens with zero attached hydrogens (tertiary/aromatic N) is 2. The zero-order valence-electron chi connectivity index (χ0n) is 17.5. The van der Waals surface area contributed by atoms with Crippen LogP contribution in [0, 0.1) is 11.3 Å². The molecule has 27 heavy (non-hydrogen) atoms. The second-order valence-corrected chi connectivity index (χ2v) is 11.3. The summed E-state index contributed by atoms with van der Waals surface area (Å²) in [7, 11) is -1.12. The number of sulfone groups is 1. The van der Waals surface area contributed by atoms with E-state index >= 15 is 0 Å². The van der Waals surface area contributed by atoms with Gasteiger partial charge in [0.1, 0.15) is 9.84 Å². The fourth-order valence-corrected chi connectivity index (χ4v) is 4.86.